The summed E-state index contributed by atoms with van der Waals surface area (Å²) in [5, 5.41) is 10.2. The van der Waals surface area contributed by atoms with Gasteiger partial charge in [0.15, 0.2) is 5.82 Å². The van der Waals surface area contributed by atoms with E-state index in [0.29, 0.717) is 17.4 Å². The summed E-state index contributed by atoms with van der Waals surface area (Å²) in [5.74, 6) is 0.890. The predicted octanol–water partition coefficient (Wildman–Crippen LogP) is 1.20. The molecule has 2 aromatic heterocycles. The Morgan fingerprint density at radius 1 is 1.43 bits per heavy atom. The molecule has 0 unspecified atom stereocenters. The molecule has 0 spiro atoms. The fourth-order valence-electron chi connectivity index (χ4n) is 0.894. The molecule has 72 valence electrons. The maximum absolute atomic E-state index is 4.86. The number of hydrogen-bond donors (Lipinski definition) is 1. The SMILES string of the molecule is COc1ccc(-c2nc(=S)o[nH]2)nn1. The summed E-state index contributed by atoms with van der Waals surface area (Å²) in [7, 11) is 1.52. The summed E-state index contributed by atoms with van der Waals surface area (Å²) in [6, 6.07) is 3.38. The first-order valence-electron chi connectivity index (χ1n) is 3.73. The fourth-order valence-corrected chi connectivity index (χ4v) is 1.03. The van der Waals surface area contributed by atoms with Gasteiger partial charge in [0.1, 0.15) is 5.69 Å². The van der Waals surface area contributed by atoms with Gasteiger partial charge in [-0.2, -0.15) is 10.1 Å². The van der Waals surface area contributed by atoms with Crippen LogP contribution in [0.1, 0.15) is 0 Å². The molecule has 0 fully saturated rings. The minimum Gasteiger partial charge on any atom is -0.480 e. The largest absolute Gasteiger partial charge is 0.480 e. The standard InChI is InChI=1S/C7H6N4O2S/c1-12-5-3-2-4(9-10-5)6-8-7(14)13-11-6/h2-3H,1H3,(H,8,11,14). The molecule has 0 radical (unpaired) electrons. The molecule has 0 aliphatic heterocycles. The maximum atomic E-state index is 4.86. The first-order chi connectivity index (χ1) is 6.79. The van der Waals surface area contributed by atoms with E-state index in [1.54, 1.807) is 12.1 Å². The highest BCUT2D eigenvalue weighted by Gasteiger charge is 2.04. The van der Waals surface area contributed by atoms with Crippen LogP contribution in [-0.2, 0) is 0 Å². The van der Waals surface area contributed by atoms with Crippen molar-refractivity contribution in [1.29, 1.82) is 0 Å². The molecule has 0 bridgehead atoms. The summed E-state index contributed by atoms with van der Waals surface area (Å²) in [6.07, 6.45) is 0. The van der Waals surface area contributed by atoms with E-state index in [1.807, 2.05) is 0 Å². The van der Waals surface area contributed by atoms with Crippen molar-refractivity contribution in [2.24, 2.45) is 0 Å². The zero-order valence-corrected chi connectivity index (χ0v) is 8.04. The lowest BCUT2D eigenvalue weighted by Crippen LogP contribution is -1.92. The van der Waals surface area contributed by atoms with Gasteiger partial charge in [0.25, 0.3) is 0 Å². The fraction of sp³-hybridized carbons (Fsp3) is 0.143. The maximum Gasteiger partial charge on any atom is 0.314 e. The van der Waals surface area contributed by atoms with Gasteiger partial charge in [0, 0.05) is 6.07 Å². The van der Waals surface area contributed by atoms with Crippen molar-refractivity contribution < 1.29 is 9.26 Å². The molecule has 6 nitrogen and oxygen atoms in total. The zero-order chi connectivity index (χ0) is 9.97. The molecule has 0 aliphatic rings. The highest BCUT2D eigenvalue weighted by atomic mass is 32.1. The minimum absolute atomic E-state index is 0.137. The predicted molar refractivity (Wildman–Crippen MR) is 49.3 cm³/mol. The average Bonchev–Trinajstić information content (AvgIpc) is 2.65. The van der Waals surface area contributed by atoms with Crippen LogP contribution < -0.4 is 4.74 Å². The summed E-state index contributed by atoms with van der Waals surface area (Å²) >= 11 is 4.70. The average molecular weight is 210 g/mol. The Bertz CT molecular complexity index is 475. The van der Waals surface area contributed by atoms with Crippen LogP contribution in [0, 0.1) is 4.84 Å². The van der Waals surface area contributed by atoms with E-state index in [0.717, 1.165) is 0 Å². The number of aromatic amines is 1. The van der Waals surface area contributed by atoms with Crippen LogP contribution >= 0.6 is 12.2 Å². The first-order valence-corrected chi connectivity index (χ1v) is 4.14. The molecule has 14 heavy (non-hydrogen) atoms. The third-order valence-electron chi connectivity index (χ3n) is 1.53. The van der Waals surface area contributed by atoms with E-state index in [1.165, 1.54) is 7.11 Å². The normalized spacial score (nSPS) is 10.1. The number of aromatic nitrogens is 4. The highest BCUT2D eigenvalue weighted by molar-refractivity contribution is 7.71. The lowest BCUT2D eigenvalue weighted by molar-refractivity contribution is 0.391. The van der Waals surface area contributed by atoms with E-state index in [-0.39, 0.29) is 4.84 Å². The Morgan fingerprint density at radius 2 is 2.29 bits per heavy atom. The highest BCUT2D eigenvalue weighted by Crippen LogP contribution is 2.12. The van der Waals surface area contributed by atoms with Crippen molar-refractivity contribution in [3.05, 3.63) is 17.0 Å². The molecule has 2 aromatic rings. The first kappa shape index (κ1) is 8.82. The number of nitrogens with one attached hydrogen (secondary N) is 1. The third kappa shape index (κ3) is 1.62. The second kappa shape index (κ2) is 3.54. The molecule has 1 N–H and O–H groups in total. The van der Waals surface area contributed by atoms with Crippen molar-refractivity contribution in [1.82, 2.24) is 20.3 Å². The molecule has 0 amide bonds. The van der Waals surface area contributed by atoms with Crippen molar-refractivity contribution in [3.63, 3.8) is 0 Å². The molecule has 0 aliphatic carbocycles. The van der Waals surface area contributed by atoms with Gasteiger partial charge < -0.3 is 9.26 Å². The van der Waals surface area contributed by atoms with Crippen LogP contribution in [0.4, 0.5) is 0 Å². The van der Waals surface area contributed by atoms with Crippen molar-refractivity contribution >= 4 is 12.2 Å². The number of ether oxygens (including phenoxy) is 1. The van der Waals surface area contributed by atoms with Crippen LogP contribution in [0.15, 0.2) is 16.7 Å². The summed E-state index contributed by atoms with van der Waals surface area (Å²) in [6.45, 7) is 0. The van der Waals surface area contributed by atoms with Gasteiger partial charge in [-0.25, -0.2) is 0 Å². The molecule has 2 rings (SSSR count). The van der Waals surface area contributed by atoms with E-state index in [2.05, 4.69) is 20.3 Å². The molecule has 7 heteroatoms. The Kier molecular flexibility index (Phi) is 2.23. The van der Waals surface area contributed by atoms with Crippen LogP contribution in [-0.4, -0.2) is 27.4 Å². The van der Waals surface area contributed by atoms with Crippen LogP contribution in [0.2, 0.25) is 0 Å². The molecular weight excluding hydrogens is 204 g/mol. The number of rotatable bonds is 2. The second-order valence-corrected chi connectivity index (χ2v) is 2.74. The molecule has 0 aromatic carbocycles. The topological polar surface area (TPSA) is 76.8 Å². The van der Waals surface area contributed by atoms with E-state index < -0.39 is 0 Å². The van der Waals surface area contributed by atoms with Gasteiger partial charge >= 0.3 is 4.84 Å². The van der Waals surface area contributed by atoms with Gasteiger partial charge in [-0.05, 0) is 18.3 Å². The summed E-state index contributed by atoms with van der Waals surface area (Å²) in [4.78, 5) is 4.02. The van der Waals surface area contributed by atoms with Gasteiger partial charge in [0.05, 0.1) is 7.11 Å². The number of hydrogen-bond acceptors (Lipinski definition) is 6. The van der Waals surface area contributed by atoms with Crippen molar-refractivity contribution in [3.8, 4) is 17.4 Å². The number of methoxy groups -OCH3 is 1. The molecule has 0 atom stereocenters. The lowest BCUT2D eigenvalue weighted by atomic mass is 10.4. The minimum atomic E-state index is 0.137. The Morgan fingerprint density at radius 3 is 2.79 bits per heavy atom. The number of H-pyrrole nitrogens is 1. The van der Waals surface area contributed by atoms with Crippen molar-refractivity contribution in [2.75, 3.05) is 7.11 Å². The summed E-state index contributed by atoms with van der Waals surface area (Å²) < 4.78 is 9.62. The van der Waals surface area contributed by atoms with Gasteiger partial charge in [-0.3, -0.25) is 0 Å². The van der Waals surface area contributed by atoms with Gasteiger partial charge in [-0.1, -0.05) is 0 Å². The molecular formula is C7H6N4O2S. The van der Waals surface area contributed by atoms with Crippen LogP contribution in [0.25, 0.3) is 11.5 Å². The van der Waals surface area contributed by atoms with E-state index >= 15 is 0 Å². The quantitative estimate of drug-likeness (QED) is 0.750. The zero-order valence-electron chi connectivity index (χ0n) is 7.22. The monoisotopic (exact) mass is 210 g/mol. The molecule has 2 heterocycles. The number of nitrogens with zero attached hydrogens (tertiary/aromatic N) is 3. The second-order valence-electron chi connectivity index (χ2n) is 2.39. The van der Waals surface area contributed by atoms with E-state index in [9.17, 15) is 0 Å². The third-order valence-corrected chi connectivity index (χ3v) is 1.70. The Balaban J connectivity index is 2.38. The smallest absolute Gasteiger partial charge is 0.314 e. The van der Waals surface area contributed by atoms with Crippen molar-refractivity contribution in [2.45, 2.75) is 0 Å². The van der Waals surface area contributed by atoms with E-state index in [4.69, 9.17) is 21.5 Å². The van der Waals surface area contributed by atoms with Gasteiger partial charge in [0.2, 0.25) is 5.88 Å². The van der Waals surface area contributed by atoms with Crippen LogP contribution in [0.3, 0.4) is 0 Å². The van der Waals surface area contributed by atoms with Crippen LogP contribution in [0.5, 0.6) is 5.88 Å². The molecule has 0 saturated carbocycles. The Labute approximate surface area is 83.9 Å². The summed E-state index contributed by atoms with van der Waals surface area (Å²) in [5.41, 5.74) is 0.547. The molecule has 0 saturated heterocycles. The lowest BCUT2D eigenvalue weighted by Gasteiger charge is -1.96. The Hall–Kier alpha value is -1.76. The van der Waals surface area contributed by atoms with Gasteiger partial charge in [-0.15, -0.1) is 10.2 Å².